The van der Waals surface area contributed by atoms with Crippen molar-refractivity contribution < 1.29 is 33.1 Å². The second-order valence-electron chi connectivity index (χ2n) is 11.6. The van der Waals surface area contributed by atoms with Gasteiger partial charge in [0.25, 0.3) is 5.91 Å². The summed E-state index contributed by atoms with van der Waals surface area (Å²) in [6.45, 7) is 1.37. The number of amides is 5. The Morgan fingerprint density at radius 1 is 1.10 bits per heavy atom. The predicted molar refractivity (Wildman–Crippen MR) is 151 cm³/mol. The maximum atomic E-state index is 14.4. The molecule has 12 nitrogen and oxygen atoms in total. The third-order valence-corrected chi connectivity index (χ3v) is 8.08. The fraction of sp³-hybridized carbons (Fsp3) is 0.621. The van der Waals surface area contributed by atoms with E-state index in [1.54, 1.807) is 28.8 Å². The standard InChI is InChI=1S/C29H41FN6O6/c1-32(2)16-25(37)31-20-14-21-18-42-24-9-7-19(30)13-22(24)28(40)34(4)23(29(41)35-11-5-6-12-35)8-10-26(38)33(3)17-27(39)36(21)15-20/h7,9,13,20-21,23H,5-6,8,10-12,14-18H2,1-4H3,(H,31,37)/t20-,21-,23-/m0/s1. The fourth-order valence-corrected chi connectivity index (χ4v) is 5.82. The number of rotatable bonds is 4. The van der Waals surface area contributed by atoms with Gasteiger partial charge in [-0.1, -0.05) is 0 Å². The van der Waals surface area contributed by atoms with Crippen molar-refractivity contribution in [1.82, 2.24) is 29.8 Å². The Labute approximate surface area is 245 Å². The van der Waals surface area contributed by atoms with E-state index in [0.29, 0.717) is 19.5 Å². The van der Waals surface area contributed by atoms with Gasteiger partial charge in [0.05, 0.1) is 24.7 Å². The smallest absolute Gasteiger partial charge is 0.258 e. The Balaban J connectivity index is 1.63. The van der Waals surface area contributed by atoms with E-state index in [1.807, 2.05) is 0 Å². The molecule has 0 unspecified atom stereocenters. The number of carbonyl (C=O) groups is 5. The monoisotopic (exact) mass is 588 g/mol. The van der Waals surface area contributed by atoms with Crippen LogP contribution in [0.25, 0.3) is 0 Å². The Morgan fingerprint density at radius 2 is 1.81 bits per heavy atom. The molecule has 0 aliphatic carbocycles. The van der Waals surface area contributed by atoms with Crippen LogP contribution < -0.4 is 10.1 Å². The van der Waals surface area contributed by atoms with Crippen molar-refractivity contribution in [2.75, 3.05) is 67.5 Å². The van der Waals surface area contributed by atoms with Crippen LogP contribution in [0.3, 0.4) is 0 Å². The summed E-state index contributed by atoms with van der Waals surface area (Å²) in [6.07, 6.45) is 2.11. The average molecular weight is 589 g/mol. The van der Waals surface area contributed by atoms with E-state index in [4.69, 9.17) is 4.74 Å². The molecule has 3 aliphatic heterocycles. The van der Waals surface area contributed by atoms with Crippen LogP contribution in [0.4, 0.5) is 4.39 Å². The quantitative estimate of drug-likeness (QED) is 0.532. The van der Waals surface area contributed by atoms with Crippen molar-refractivity contribution in [3.8, 4) is 5.75 Å². The van der Waals surface area contributed by atoms with Crippen LogP contribution in [0.2, 0.25) is 0 Å². The molecule has 0 spiro atoms. The Morgan fingerprint density at radius 3 is 2.50 bits per heavy atom. The normalized spacial score (nSPS) is 24.2. The summed E-state index contributed by atoms with van der Waals surface area (Å²) < 4.78 is 20.5. The minimum Gasteiger partial charge on any atom is -0.491 e. The van der Waals surface area contributed by atoms with Crippen molar-refractivity contribution in [3.63, 3.8) is 0 Å². The highest BCUT2D eigenvalue weighted by Crippen LogP contribution is 2.27. The van der Waals surface area contributed by atoms with E-state index in [0.717, 1.165) is 18.9 Å². The lowest BCUT2D eigenvalue weighted by atomic mass is 10.1. The van der Waals surface area contributed by atoms with Crippen molar-refractivity contribution in [2.24, 2.45) is 0 Å². The number of halogens is 1. The lowest BCUT2D eigenvalue weighted by Crippen LogP contribution is -2.49. The molecule has 0 aromatic heterocycles. The lowest BCUT2D eigenvalue weighted by molar-refractivity contribution is -0.141. The third kappa shape index (κ3) is 7.36. The molecule has 3 atom stereocenters. The van der Waals surface area contributed by atoms with E-state index in [-0.39, 0.29) is 80.1 Å². The first-order valence-corrected chi connectivity index (χ1v) is 14.4. The van der Waals surface area contributed by atoms with Gasteiger partial charge in [0.15, 0.2) is 0 Å². The molecule has 1 aromatic rings. The number of benzene rings is 1. The highest BCUT2D eigenvalue weighted by molar-refractivity contribution is 5.99. The topological polar surface area (TPSA) is 123 Å². The van der Waals surface area contributed by atoms with Crippen LogP contribution in [-0.4, -0.2) is 140 Å². The molecule has 3 aliphatic rings. The molecule has 2 fully saturated rings. The molecule has 230 valence electrons. The Kier molecular flexibility index (Phi) is 10.0. The zero-order chi connectivity index (χ0) is 30.6. The van der Waals surface area contributed by atoms with Crippen LogP contribution in [0.15, 0.2) is 18.2 Å². The number of nitrogens with zero attached hydrogens (tertiary/aromatic N) is 5. The molecular formula is C29H41FN6O6. The highest BCUT2D eigenvalue weighted by atomic mass is 19.1. The van der Waals surface area contributed by atoms with Crippen molar-refractivity contribution in [3.05, 3.63) is 29.6 Å². The molecule has 1 N–H and O–H groups in total. The van der Waals surface area contributed by atoms with Gasteiger partial charge in [-0.15, -0.1) is 0 Å². The largest absolute Gasteiger partial charge is 0.491 e. The summed E-state index contributed by atoms with van der Waals surface area (Å²) in [5.74, 6) is -2.22. The summed E-state index contributed by atoms with van der Waals surface area (Å²) in [4.78, 5) is 73.8. The van der Waals surface area contributed by atoms with Crippen LogP contribution in [-0.2, 0) is 19.2 Å². The molecule has 1 aromatic carbocycles. The number of likely N-dealkylation sites (N-methyl/N-ethyl adjacent to an activating group) is 3. The van der Waals surface area contributed by atoms with Crippen molar-refractivity contribution in [1.29, 1.82) is 0 Å². The van der Waals surface area contributed by atoms with Gasteiger partial charge < -0.3 is 34.6 Å². The molecular weight excluding hydrogens is 547 g/mol. The van der Waals surface area contributed by atoms with Crippen LogP contribution in [0.1, 0.15) is 42.5 Å². The van der Waals surface area contributed by atoms with E-state index in [9.17, 15) is 28.4 Å². The Hall–Kier alpha value is -3.74. The van der Waals surface area contributed by atoms with Gasteiger partial charge in [0.1, 0.15) is 24.2 Å². The molecule has 0 bridgehead atoms. The second kappa shape index (κ2) is 13.5. The first-order valence-electron chi connectivity index (χ1n) is 14.4. The van der Waals surface area contributed by atoms with Gasteiger partial charge in [0, 0.05) is 46.2 Å². The highest BCUT2D eigenvalue weighted by Gasteiger charge is 2.38. The van der Waals surface area contributed by atoms with Gasteiger partial charge in [-0.05, 0) is 58.0 Å². The van der Waals surface area contributed by atoms with E-state index >= 15 is 0 Å². The van der Waals surface area contributed by atoms with Crippen LogP contribution >= 0.6 is 0 Å². The minimum atomic E-state index is -0.945. The number of hydrogen-bond donors (Lipinski definition) is 1. The molecule has 2 saturated heterocycles. The number of nitrogens with one attached hydrogen (secondary N) is 1. The van der Waals surface area contributed by atoms with Gasteiger partial charge in [-0.25, -0.2) is 4.39 Å². The molecule has 13 heteroatoms. The van der Waals surface area contributed by atoms with Crippen LogP contribution in [0.5, 0.6) is 5.75 Å². The van der Waals surface area contributed by atoms with Crippen LogP contribution in [0, 0.1) is 5.82 Å². The molecule has 4 rings (SSSR count). The zero-order valence-corrected chi connectivity index (χ0v) is 24.8. The summed E-state index contributed by atoms with van der Waals surface area (Å²) in [7, 11) is 6.57. The van der Waals surface area contributed by atoms with Gasteiger partial charge in [0.2, 0.25) is 23.6 Å². The summed E-state index contributed by atoms with van der Waals surface area (Å²) in [5.41, 5.74) is -0.0539. The van der Waals surface area contributed by atoms with Crippen molar-refractivity contribution in [2.45, 2.75) is 50.2 Å². The first-order chi connectivity index (χ1) is 19.9. The van der Waals surface area contributed by atoms with E-state index < -0.39 is 23.8 Å². The number of carbonyl (C=O) groups excluding carboxylic acids is 5. The molecule has 3 heterocycles. The number of likely N-dealkylation sites (tertiary alicyclic amines) is 1. The first kappa shape index (κ1) is 31.2. The van der Waals surface area contributed by atoms with E-state index in [2.05, 4.69) is 5.32 Å². The zero-order valence-electron chi connectivity index (χ0n) is 24.8. The SMILES string of the molecule is CN(C)CC(=O)N[C@H]1C[C@H]2COc3ccc(F)cc3C(=O)N(C)[C@H](C(=O)N3CCCC3)CCC(=O)N(C)CC(=O)N2C1. The lowest BCUT2D eigenvalue weighted by Gasteiger charge is -2.31. The fourth-order valence-electron chi connectivity index (χ4n) is 5.82. The predicted octanol–water partition coefficient (Wildman–Crippen LogP) is 0.167. The number of hydrogen-bond acceptors (Lipinski definition) is 7. The molecule has 42 heavy (non-hydrogen) atoms. The maximum absolute atomic E-state index is 14.4. The molecule has 0 radical (unpaired) electrons. The second-order valence-corrected chi connectivity index (χ2v) is 11.6. The maximum Gasteiger partial charge on any atom is 0.258 e. The summed E-state index contributed by atoms with van der Waals surface area (Å²) in [6, 6.07) is 1.88. The summed E-state index contributed by atoms with van der Waals surface area (Å²) in [5, 5.41) is 2.95. The van der Waals surface area contributed by atoms with Gasteiger partial charge >= 0.3 is 0 Å². The van der Waals surface area contributed by atoms with Gasteiger partial charge in [-0.2, -0.15) is 0 Å². The molecule has 0 saturated carbocycles. The average Bonchev–Trinajstić information content (AvgIpc) is 3.61. The molecule has 5 amide bonds. The van der Waals surface area contributed by atoms with E-state index in [1.165, 1.54) is 36.0 Å². The number of fused-ring (bicyclic) bond motifs is 2. The number of ether oxygens (including phenoxy) is 1. The summed E-state index contributed by atoms with van der Waals surface area (Å²) >= 11 is 0. The minimum absolute atomic E-state index is 0.0186. The van der Waals surface area contributed by atoms with Crippen molar-refractivity contribution >= 4 is 29.5 Å². The third-order valence-electron chi connectivity index (χ3n) is 8.08. The van der Waals surface area contributed by atoms with Gasteiger partial charge in [-0.3, -0.25) is 24.0 Å². The Bertz CT molecular complexity index is 1210.